The molecule has 0 saturated carbocycles. The number of fused-ring (bicyclic) bond motifs is 1. The molecule has 0 aliphatic carbocycles. The first-order chi connectivity index (χ1) is 22.0. The number of carbonyl (C=O) groups excluding carboxylic acids is 1. The second-order valence-electron chi connectivity index (χ2n) is 12.9. The summed E-state index contributed by atoms with van der Waals surface area (Å²) in [5, 5.41) is 12.7. The van der Waals surface area contributed by atoms with Gasteiger partial charge in [-0.2, -0.15) is 13.2 Å². The van der Waals surface area contributed by atoms with E-state index in [1.807, 2.05) is 40.7 Å². The number of carboxylic acids is 1. The Bertz CT molecular complexity index is 1820. The third-order valence-corrected chi connectivity index (χ3v) is 8.18. The molecule has 12 heteroatoms. The molecule has 252 valence electrons. The first kappa shape index (κ1) is 35.4. The summed E-state index contributed by atoms with van der Waals surface area (Å²) in [6, 6.07) is 4.27. The SMILES string of the molecule is Cc1cc(C)c(-c2cc(C(CC(=O)O)NC(=O)[C@H](CC(C)C)n3cc(CCN(C)C)c(C(F)(F)F)cc3=O)cn3ccnc23)c(C)c1. The predicted molar refractivity (Wildman–Crippen MR) is 174 cm³/mol. The first-order valence-corrected chi connectivity index (χ1v) is 15.5. The Labute approximate surface area is 272 Å². The van der Waals surface area contributed by atoms with E-state index in [0.717, 1.165) is 38.6 Å². The highest BCUT2D eigenvalue weighted by Gasteiger charge is 2.36. The number of rotatable bonds is 12. The lowest BCUT2D eigenvalue weighted by molar-refractivity contribution is -0.139. The normalized spacial score (nSPS) is 13.4. The zero-order valence-electron chi connectivity index (χ0n) is 27.8. The number of aliphatic carboxylic acids is 1. The van der Waals surface area contributed by atoms with Gasteiger partial charge in [0.05, 0.1) is 18.0 Å². The third kappa shape index (κ3) is 8.29. The van der Waals surface area contributed by atoms with Crippen LogP contribution in [0.25, 0.3) is 16.8 Å². The van der Waals surface area contributed by atoms with E-state index in [4.69, 9.17) is 0 Å². The quantitative estimate of drug-likeness (QED) is 0.191. The van der Waals surface area contributed by atoms with E-state index in [1.165, 1.54) is 0 Å². The van der Waals surface area contributed by atoms with E-state index in [0.29, 0.717) is 23.8 Å². The molecule has 4 rings (SSSR count). The van der Waals surface area contributed by atoms with Crippen LogP contribution in [-0.2, 0) is 22.2 Å². The van der Waals surface area contributed by atoms with Crippen molar-refractivity contribution >= 4 is 17.5 Å². The minimum Gasteiger partial charge on any atom is -0.481 e. The smallest absolute Gasteiger partial charge is 0.416 e. The molecule has 2 N–H and O–H groups in total. The van der Waals surface area contributed by atoms with Gasteiger partial charge >= 0.3 is 12.1 Å². The van der Waals surface area contributed by atoms with Crippen molar-refractivity contribution in [3.8, 4) is 11.1 Å². The van der Waals surface area contributed by atoms with Crippen LogP contribution in [0.4, 0.5) is 13.2 Å². The summed E-state index contributed by atoms with van der Waals surface area (Å²) in [6.45, 7) is 9.95. The Morgan fingerprint density at radius 1 is 1.04 bits per heavy atom. The van der Waals surface area contributed by atoms with Crippen molar-refractivity contribution in [1.29, 1.82) is 0 Å². The van der Waals surface area contributed by atoms with Crippen LogP contribution in [0.5, 0.6) is 0 Å². The fourth-order valence-electron chi connectivity index (χ4n) is 6.16. The average Bonchev–Trinajstić information content (AvgIpc) is 3.42. The van der Waals surface area contributed by atoms with Gasteiger partial charge in [-0.15, -0.1) is 0 Å². The average molecular weight is 654 g/mol. The maximum absolute atomic E-state index is 14.1. The maximum atomic E-state index is 14.1. The molecule has 0 radical (unpaired) electrons. The van der Waals surface area contributed by atoms with Crippen molar-refractivity contribution < 1.29 is 27.9 Å². The summed E-state index contributed by atoms with van der Waals surface area (Å²) < 4.78 is 44.7. The molecule has 47 heavy (non-hydrogen) atoms. The zero-order valence-corrected chi connectivity index (χ0v) is 27.8. The molecule has 1 unspecified atom stereocenters. The van der Waals surface area contributed by atoms with Crippen LogP contribution in [0.1, 0.15) is 72.2 Å². The Morgan fingerprint density at radius 3 is 2.28 bits per heavy atom. The second kappa shape index (κ2) is 14.1. The number of pyridine rings is 2. The van der Waals surface area contributed by atoms with Gasteiger partial charge in [0, 0.05) is 43.0 Å². The number of aromatic nitrogens is 3. The van der Waals surface area contributed by atoms with E-state index in [9.17, 15) is 32.7 Å². The molecule has 3 heterocycles. The molecule has 0 fully saturated rings. The molecule has 9 nitrogen and oxygen atoms in total. The van der Waals surface area contributed by atoms with Gasteiger partial charge in [0.2, 0.25) is 5.91 Å². The van der Waals surface area contributed by atoms with Gasteiger partial charge in [-0.3, -0.25) is 14.4 Å². The number of aryl methyl sites for hydroxylation is 3. The topological polar surface area (TPSA) is 109 Å². The molecule has 4 aromatic rings. The number of hydrogen-bond donors (Lipinski definition) is 2. The first-order valence-electron chi connectivity index (χ1n) is 15.5. The van der Waals surface area contributed by atoms with Gasteiger partial charge in [0.1, 0.15) is 11.7 Å². The molecule has 0 aliphatic heterocycles. The standard InChI is InChI=1S/C35H42F3N5O4/c1-20(2)12-29(43-19-24(8-10-41(6)7)27(16-30(43)44)35(36,37)38)34(47)40-28(17-31(45)46)25-15-26(33-39-9-11-42(33)18-25)32-22(4)13-21(3)14-23(32)5/h9,11,13-16,18-20,28-29H,8,10,12,17H2,1-7H3,(H,40,47)(H,45,46)/t28?,29-/m0/s1. The molecule has 0 bridgehead atoms. The van der Waals surface area contributed by atoms with Crippen molar-refractivity contribution in [3.63, 3.8) is 0 Å². The zero-order chi connectivity index (χ0) is 34.8. The van der Waals surface area contributed by atoms with Crippen LogP contribution in [0, 0.1) is 26.7 Å². The van der Waals surface area contributed by atoms with Crippen molar-refractivity contribution in [3.05, 3.63) is 92.8 Å². The minimum absolute atomic E-state index is 0.00528. The van der Waals surface area contributed by atoms with E-state index in [-0.39, 0.29) is 24.3 Å². The monoisotopic (exact) mass is 653 g/mol. The number of benzene rings is 1. The summed E-state index contributed by atoms with van der Waals surface area (Å²) in [7, 11) is 3.46. The lowest BCUT2D eigenvalue weighted by Gasteiger charge is -2.26. The minimum atomic E-state index is -4.75. The van der Waals surface area contributed by atoms with Gasteiger partial charge in [-0.25, -0.2) is 4.98 Å². The summed E-state index contributed by atoms with van der Waals surface area (Å²) in [5.74, 6) is -1.95. The molecule has 0 saturated heterocycles. The Morgan fingerprint density at radius 2 is 1.70 bits per heavy atom. The molecule has 3 aromatic heterocycles. The lowest BCUT2D eigenvalue weighted by Crippen LogP contribution is -2.40. The second-order valence-corrected chi connectivity index (χ2v) is 12.9. The van der Waals surface area contributed by atoms with Crippen molar-refractivity contribution in [2.24, 2.45) is 5.92 Å². The molecule has 1 amide bonds. The highest BCUT2D eigenvalue weighted by atomic mass is 19.4. The van der Waals surface area contributed by atoms with Crippen LogP contribution >= 0.6 is 0 Å². The number of likely N-dealkylation sites (N-methyl/N-ethyl adjacent to an activating group) is 1. The fourth-order valence-corrected chi connectivity index (χ4v) is 6.16. The van der Waals surface area contributed by atoms with E-state index >= 15 is 0 Å². The van der Waals surface area contributed by atoms with Gasteiger partial charge in [0.15, 0.2) is 0 Å². The molecular weight excluding hydrogens is 611 g/mol. The number of nitrogens with one attached hydrogen (secondary N) is 1. The van der Waals surface area contributed by atoms with E-state index in [1.54, 1.807) is 42.0 Å². The number of carbonyl (C=O) groups is 2. The van der Waals surface area contributed by atoms with Crippen molar-refractivity contribution in [2.45, 2.75) is 72.1 Å². The summed E-state index contributed by atoms with van der Waals surface area (Å²) in [4.78, 5) is 45.6. The number of amides is 1. The molecule has 2 atom stereocenters. The van der Waals surface area contributed by atoms with E-state index in [2.05, 4.69) is 22.4 Å². The molecule has 0 spiro atoms. The van der Waals surface area contributed by atoms with Crippen LogP contribution in [0.3, 0.4) is 0 Å². The van der Waals surface area contributed by atoms with Gasteiger partial charge in [-0.05, 0) is 87.5 Å². The van der Waals surface area contributed by atoms with Crippen LogP contribution in [0.2, 0.25) is 0 Å². The third-order valence-electron chi connectivity index (χ3n) is 8.18. The number of alkyl halides is 3. The van der Waals surface area contributed by atoms with Gasteiger partial charge < -0.3 is 24.3 Å². The molecule has 1 aromatic carbocycles. The molecular formula is C35H42F3N5O4. The van der Waals surface area contributed by atoms with Gasteiger partial charge in [0.25, 0.3) is 5.56 Å². The Kier molecular flexibility index (Phi) is 10.6. The Hall–Kier alpha value is -4.45. The lowest BCUT2D eigenvalue weighted by atomic mass is 9.92. The predicted octanol–water partition coefficient (Wildman–Crippen LogP) is 6.13. The van der Waals surface area contributed by atoms with Gasteiger partial charge in [-0.1, -0.05) is 31.5 Å². The highest BCUT2D eigenvalue weighted by Crippen LogP contribution is 2.35. The van der Waals surface area contributed by atoms with Crippen molar-refractivity contribution in [1.82, 2.24) is 24.2 Å². The van der Waals surface area contributed by atoms with Crippen molar-refractivity contribution in [2.75, 3.05) is 20.6 Å². The Balaban J connectivity index is 1.82. The van der Waals surface area contributed by atoms with Crippen LogP contribution < -0.4 is 10.9 Å². The van der Waals surface area contributed by atoms with Crippen LogP contribution in [0.15, 0.2) is 53.8 Å². The number of halogens is 3. The number of hydrogen-bond acceptors (Lipinski definition) is 5. The largest absolute Gasteiger partial charge is 0.481 e. The summed E-state index contributed by atoms with van der Waals surface area (Å²) in [6.07, 6.45) is 1.13. The number of imidazole rings is 1. The molecule has 0 aliphatic rings. The van der Waals surface area contributed by atoms with Crippen LogP contribution in [-0.4, -0.2) is 56.5 Å². The number of carboxylic acid groups (broad SMARTS) is 1. The maximum Gasteiger partial charge on any atom is 0.416 e. The fraction of sp³-hybridized carbons (Fsp3) is 0.429. The summed E-state index contributed by atoms with van der Waals surface area (Å²) in [5.41, 5.74) is 3.86. The van der Waals surface area contributed by atoms with E-state index < -0.39 is 47.7 Å². The highest BCUT2D eigenvalue weighted by molar-refractivity contribution is 5.84. The number of nitrogens with zero attached hydrogens (tertiary/aromatic N) is 4. The summed E-state index contributed by atoms with van der Waals surface area (Å²) >= 11 is 0.